The molecule has 7 N–H and O–H groups in total. The molecule has 17 heteroatoms. The second kappa shape index (κ2) is 34.1. The predicted octanol–water partition coefficient (Wildman–Crippen LogP) is 6.26. The Balaban J connectivity index is 4.40. The molecule has 0 aromatic rings. The van der Waals surface area contributed by atoms with Gasteiger partial charge in [0.15, 0.2) is 0 Å². The highest BCUT2D eigenvalue weighted by atomic mass is 16.4. The van der Waals surface area contributed by atoms with Gasteiger partial charge in [-0.1, -0.05) is 89.9 Å². The molecule has 0 radical (unpaired) electrons. The highest BCUT2D eigenvalue weighted by Gasteiger charge is 2.28. The van der Waals surface area contributed by atoms with E-state index in [4.69, 9.17) is 5.11 Å². The van der Waals surface area contributed by atoms with Crippen molar-refractivity contribution in [1.82, 2.24) is 10.6 Å². The van der Waals surface area contributed by atoms with Crippen molar-refractivity contribution in [2.24, 2.45) is 11.8 Å². The minimum Gasteiger partial charge on any atom is -0.481 e. The van der Waals surface area contributed by atoms with Crippen LogP contribution in [-0.4, -0.2) is 96.6 Å². The molecule has 0 rings (SSSR count). The molecule has 0 saturated carbocycles. The van der Waals surface area contributed by atoms with Crippen LogP contribution in [0.5, 0.6) is 0 Å². The average Bonchev–Trinajstić information content (AvgIpc) is 3.16. The number of carbonyl (C=O) groups is 10. The number of ketones is 3. The number of carboxylic acid groups (broad SMARTS) is 5. The molecule has 0 aliphatic heterocycles. The normalized spacial score (nSPS) is 13.0. The molecule has 0 aromatic carbocycles. The summed E-state index contributed by atoms with van der Waals surface area (Å²) in [7, 11) is 0. The van der Waals surface area contributed by atoms with Crippen molar-refractivity contribution in [2.45, 2.75) is 199 Å². The molecule has 0 heterocycles. The molecule has 0 spiro atoms. The Hall–Kier alpha value is -4.70. The SMILES string of the molecule is CC(=O)CC[C@H](NC(=O)CC[C@H](CC(=O)CC[C@H](NC(=O)CC[C@H](CC(=O)CCCCCCCCCCCCCCCCCCC(=O)O)C(=O)O)C(=O)O)C(=O)O)C(=O)O. The number of Topliss-reactive ketones (excluding diaryl/α,β-unsaturated/α-hetero) is 3. The first-order chi connectivity index (χ1) is 28.4. The Morgan fingerprint density at radius 1 is 0.367 bits per heavy atom. The molecule has 0 bridgehead atoms. The van der Waals surface area contributed by atoms with Gasteiger partial charge in [0.25, 0.3) is 0 Å². The number of carboxylic acids is 5. The molecular formula is C43H70N2O15. The fourth-order valence-electron chi connectivity index (χ4n) is 6.76. The molecule has 2 amide bonds. The van der Waals surface area contributed by atoms with E-state index in [2.05, 4.69) is 10.6 Å². The van der Waals surface area contributed by atoms with Crippen LogP contribution in [0.4, 0.5) is 0 Å². The van der Waals surface area contributed by atoms with Crippen LogP contribution in [0, 0.1) is 11.8 Å². The van der Waals surface area contributed by atoms with Crippen LogP contribution >= 0.6 is 0 Å². The summed E-state index contributed by atoms with van der Waals surface area (Å²) in [5.41, 5.74) is 0. The van der Waals surface area contributed by atoms with Gasteiger partial charge in [-0.2, -0.15) is 0 Å². The van der Waals surface area contributed by atoms with E-state index in [0.717, 1.165) is 44.9 Å². The van der Waals surface area contributed by atoms with E-state index in [1.807, 2.05) is 0 Å². The fraction of sp³-hybridized carbons (Fsp3) is 0.767. The minimum absolute atomic E-state index is 0.0846. The standard InChI is InChI=1S/C43H70N2O15/c1-30(46)20-24-35(42(57)58)44-37(49)27-22-32(41(55)56)29-34(48)23-25-36(43(59)60)45-38(50)26-21-31(40(53)54)28-33(47)18-16-14-12-10-8-6-4-2-3-5-7-9-11-13-15-17-19-39(51)52/h31-32,35-36H,2-29H2,1H3,(H,44,49)(H,45,50)(H,51,52)(H,53,54)(H,55,56)(H,57,58)(H,59,60)/t31-,32-,35+,36+/m1/s1. The van der Waals surface area contributed by atoms with Gasteiger partial charge in [-0.3, -0.25) is 33.6 Å². The summed E-state index contributed by atoms with van der Waals surface area (Å²) < 4.78 is 0. The minimum atomic E-state index is -1.53. The summed E-state index contributed by atoms with van der Waals surface area (Å²) in [5.74, 6) is -11.4. The van der Waals surface area contributed by atoms with Crippen LogP contribution in [0.15, 0.2) is 0 Å². The molecule has 60 heavy (non-hydrogen) atoms. The number of hydrogen-bond donors (Lipinski definition) is 7. The first kappa shape index (κ1) is 55.3. The average molecular weight is 855 g/mol. The molecule has 17 nitrogen and oxygen atoms in total. The van der Waals surface area contributed by atoms with Crippen molar-refractivity contribution in [3.05, 3.63) is 0 Å². The van der Waals surface area contributed by atoms with Crippen LogP contribution in [0.1, 0.15) is 187 Å². The second-order valence-electron chi connectivity index (χ2n) is 15.9. The van der Waals surface area contributed by atoms with Gasteiger partial charge in [0.2, 0.25) is 11.8 Å². The number of aliphatic carboxylic acids is 5. The number of hydrogen-bond acceptors (Lipinski definition) is 10. The van der Waals surface area contributed by atoms with Gasteiger partial charge >= 0.3 is 29.8 Å². The van der Waals surface area contributed by atoms with Crippen molar-refractivity contribution >= 4 is 59.0 Å². The summed E-state index contributed by atoms with van der Waals surface area (Å²) >= 11 is 0. The predicted molar refractivity (Wildman–Crippen MR) is 219 cm³/mol. The van der Waals surface area contributed by atoms with E-state index in [9.17, 15) is 68.4 Å². The Labute approximate surface area is 353 Å². The van der Waals surface area contributed by atoms with Crippen LogP contribution in [-0.2, 0) is 47.9 Å². The Morgan fingerprint density at radius 3 is 1.00 bits per heavy atom. The van der Waals surface area contributed by atoms with Gasteiger partial charge in [0, 0.05) is 51.4 Å². The molecule has 0 aliphatic rings. The van der Waals surface area contributed by atoms with E-state index >= 15 is 0 Å². The van der Waals surface area contributed by atoms with Crippen molar-refractivity contribution in [2.75, 3.05) is 0 Å². The van der Waals surface area contributed by atoms with Crippen LogP contribution < -0.4 is 10.6 Å². The molecule has 4 atom stereocenters. The molecule has 0 unspecified atom stereocenters. The summed E-state index contributed by atoms with van der Waals surface area (Å²) in [6.07, 6.45) is 14.5. The summed E-state index contributed by atoms with van der Waals surface area (Å²) in [6, 6.07) is -2.88. The molecular weight excluding hydrogens is 784 g/mol. The van der Waals surface area contributed by atoms with Gasteiger partial charge in [-0.25, -0.2) is 9.59 Å². The number of amides is 2. The maximum absolute atomic E-state index is 12.6. The number of carbonyl (C=O) groups excluding carboxylic acids is 5. The third-order valence-electron chi connectivity index (χ3n) is 10.4. The van der Waals surface area contributed by atoms with E-state index in [-0.39, 0.29) is 69.4 Å². The van der Waals surface area contributed by atoms with Gasteiger partial charge in [0.05, 0.1) is 11.8 Å². The third-order valence-corrected chi connectivity index (χ3v) is 10.4. The first-order valence-corrected chi connectivity index (χ1v) is 21.7. The maximum atomic E-state index is 12.6. The lowest BCUT2D eigenvalue weighted by Gasteiger charge is -2.17. The maximum Gasteiger partial charge on any atom is 0.326 e. The van der Waals surface area contributed by atoms with Gasteiger partial charge in [0.1, 0.15) is 29.4 Å². The smallest absolute Gasteiger partial charge is 0.326 e. The van der Waals surface area contributed by atoms with Gasteiger partial charge in [-0.15, -0.1) is 0 Å². The van der Waals surface area contributed by atoms with Crippen molar-refractivity contribution in [3.8, 4) is 0 Å². The fourth-order valence-corrected chi connectivity index (χ4v) is 6.76. The van der Waals surface area contributed by atoms with Crippen LogP contribution in [0.2, 0.25) is 0 Å². The number of rotatable bonds is 41. The monoisotopic (exact) mass is 854 g/mol. The van der Waals surface area contributed by atoms with Crippen molar-refractivity contribution < 1.29 is 73.5 Å². The van der Waals surface area contributed by atoms with E-state index < -0.39 is 90.6 Å². The van der Waals surface area contributed by atoms with Gasteiger partial charge < -0.3 is 41.0 Å². The topological polar surface area (TPSA) is 296 Å². The first-order valence-electron chi connectivity index (χ1n) is 21.7. The molecule has 0 fully saturated rings. The Bertz CT molecular complexity index is 1380. The molecule has 0 aliphatic carbocycles. The summed E-state index contributed by atoms with van der Waals surface area (Å²) in [4.78, 5) is 118. The van der Waals surface area contributed by atoms with E-state index in [1.165, 1.54) is 58.3 Å². The zero-order chi connectivity index (χ0) is 45.3. The quantitative estimate of drug-likeness (QED) is 0.0334. The lowest BCUT2D eigenvalue weighted by Crippen LogP contribution is -2.41. The summed E-state index contributed by atoms with van der Waals surface area (Å²) in [5, 5.41) is 51.1. The lowest BCUT2D eigenvalue weighted by atomic mass is 9.94. The molecule has 0 aromatic heterocycles. The highest BCUT2D eigenvalue weighted by molar-refractivity contribution is 5.88. The van der Waals surface area contributed by atoms with Crippen LogP contribution in [0.3, 0.4) is 0 Å². The molecule has 342 valence electrons. The van der Waals surface area contributed by atoms with Crippen LogP contribution in [0.25, 0.3) is 0 Å². The molecule has 0 saturated heterocycles. The third kappa shape index (κ3) is 31.3. The zero-order valence-corrected chi connectivity index (χ0v) is 35.4. The number of unbranched alkanes of at least 4 members (excludes halogenated alkanes) is 15. The van der Waals surface area contributed by atoms with E-state index in [0.29, 0.717) is 6.42 Å². The van der Waals surface area contributed by atoms with E-state index in [1.54, 1.807) is 0 Å². The second-order valence-corrected chi connectivity index (χ2v) is 15.9. The lowest BCUT2D eigenvalue weighted by molar-refractivity contribution is -0.145. The largest absolute Gasteiger partial charge is 0.481 e. The number of nitrogens with one attached hydrogen (secondary N) is 2. The van der Waals surface area contributed by atoms with Crippen molar-refractivity contribution in [1.29, 1.82) is 0 Å². The Morgan fingerprint density at radius 2 is 0.683 bits per heavy atom. The highest BCUT2D eigenvalue weighted by Crippen LogP contribution is 2.19. The summed E-state index contributed by atoms with van der Waals surface area (Å²) in [6.45, 7) is 1.27. The van der Waals surface area contributed by atoms with Crippen molar-refractivity contribution in [3.63, 3.8) is 0 Å². The van der Waals surface area contributed by atoms with Gasteiger partial charge in [-0.05, 0) is 45.4 Å². The zero-order valence-electron chi connectivity index (χ0n) is 35.4. The Kier molecular flexibility index (Phi) is 31.4.